The van der Waals surface area contributed by atoms with Gasteiger partial charge in [0.1, 0.15) is 11.4 Å². The van der Waals surface area contributed by atoms with Gasteiger partial charge in [0.2, 0.25) is 0 Å². The van der Waals surface area contributed by atoms with E-state index in [9.17, 15) is 9.59 Å². The molecule has 0 spiro atoms. The highest BCUT2D eigenvalue weighted by Crippen LogP contribution is 2.23. The van der Waals surface area contributed by atoms with E-state index in [-0.39, 0.29) is 17.9 Å². The van der Waals surface area contributed by atoms with Gasteiger partial charge in [-0.1, -0.05) is 25.0 Å². The minimum atomic E-state index is -0.246. The van der Waals surface area contributed by atoms with Crippen LogP contribution in [0, 0.1) is 0 Å². The Balaban J connectivity index is 1.49. The molecular weight excluding hydrogens is 368 g/mol. The molecule has 1 aliphatic carbocycles. The van der Waals surface area contributed by atoms with E-state index in [1.54, 1.807) is 7.11 Å². The number of aromatic nitrogens is 2. The maximum atomic E-state index is 12.8. The zero-order chi connectivity index (χ0) is 20.2. The van der Waals surface area contributed by atoms with Gasteiger partial charge in [0, 0.05) is 19.1 Å². The van der Waals surface area contributed by atoms with Crippen LogP contribution in [0.25, 0.3) is 0 Å². The van der Waals surface area contributed by atoms with Crippen molar-refractivity contribution in [3.63, 3.8) is 0 Å². The number of carbonyl (C=O) groups excluding carboxylic acids is 2. The van der Waals surface area contributed by atoms with E-state index in [1.165, 1.54) is 0 Å². The van der Waals surface area contributed by atoms with Crippen LogP contribution in [0.2, 0.25) is 0 Å². The number of nitrogens with zero attached hydrogens (tertiary/aromatic N) is 2. The van der Waals surface area contributed by atoms with Crippen LogP contribution in [-0.4, -0.2) is 34.5 Å². The van der Waals surface area contributed by atoms with Gasteiger partial charge in [-0.05, 0) is 49.8 Å². The predicted octanol–water partition coefficient (Wildman–Crippen LogP) is 2.83. The van der Waals surface area contributed by atoms with E-state index in [0.29, 0.717) is 18.1 Å². The Kier molecular flexibility index (Phi) is 5.83. The lowest BCUT2D eigenvalue weighted by Gasteiger charge is -2.17. The van der Waals surface area contributed by atoms with E-state index >= 15 is 0 Å². The molecule has 7 heteroatoms. The number of hydrogen-bond donors (Lipinski definition) is 2. The highest BCUT2D eigenvalue weighted by molar-refractivity contribution is 5.97. The van der Waals surface area contributed by atoms with Crippen molar-refractivity contribution in [1.29, 1.82) is 0 Å². The minimum absolute atomic E-state index is 0.142. The van der Waals surface area contributed by atoms with Crippen LogP contribution in [0.3, 0.4) is 0 Å². The molecule has 29 heavy (non-hydrogen) atoms. The first kappa shape index (κ1) is 19.5. The van der Waals surface area contributed by atoms with Gasteiger partial charge < -0.3 is 19.9 Å². The van der Waals surface area contributed by atoms with Crippen molar-refractivity contribution in [2.75, 3.05) is 7.11 Å². The Morgan fingerprint density at radius 2 is 1.86 bits per heavy atom. The monoisotopic (exact) mass is 396 g/mol. The van der Waals surface area contributed by atoms with Crippen molar-refractivity contribution in [1.82, 2.24) is 20.2 Å². The van der Waals surface area contributed by atoms with Gasteiger partial charge in [-0.3, -0.25) is 9.59 Å². The molecule has 0 radical (unpaired) electrons. The molecule has 4 rings (SSSR count). The van der Waals surface area contributed by atoms with Gasteiger partial charge in [0.05, 0.1) is 12.8 Å². The molecule has 2 aromatic rings. The zero-order valence-corrected chi connectivity index (χ0v) is 16.9. The molecule has 1 aromatic heterocycles. The third kappa shape index (κ3) is 4.28. The van der Waals surface area contributed by atoms with Gasteiger partial charge in [-0.2, -0.15) is 0 Å². The molecule has 1 aromatic carbocycles. The second-order valence-corrected chi connectivity index (χ2v) is 7.83. The molecule has 1 saturated carbocycles. The lowest BCUT2D eigenvalue weighted by molar-refractivity contribution is 0.0931. The van der Waals surface area contributed by atoms with Crippen LogP contribution in [0.1, 0.15) is 70.9 Å². The maximum Gasteiger partial charge on any atom is 0.287 e. The molecule has 154 valence electrons. The average molecular weight is 396 g/mol. The first-order valence-corrected chi connectivity index (χ1v) is 10.5. The van der Waals surface area contributed by atoms with E-state index in [0.717, 1.165) is 68.5 Å². The Labute approximate surface area is 170 Å². The van der Waals surface area contributed by atoms with Gasteiger partial charge in [-0.25, -0.2) is 4.98 Å². The number of ether oxygens (including phenoxy) is 1. The summed E-state index contributed by atoms with van der Waals surface area (Å²) in [6.07, 6.45) is 7.16. The van der Waals surface area contributed by atoms with Crippen molar-refractivity contribution >= 4 is 11.8 Å². The first-order chi connectivity index (χ1) is 14.2. The number of methoxy groups -OCH3 is 1. The molecule has 0 atom stereocenters. The summed E-state index contributed by atoms with van der Waals surface area (Å²) >= 11 is 0. The fourth-order valence-electron chi connectivity index (χ4n) is 4.23. The fraction of sp³-hybridized carbons (Fsp3) is 0.500. The largest absolute Gasteiger partial charge is 0.497 e. The number of rotatable bonds is 6. The number of hydrogen-bond acceptors (Lipinski definition) is 4. The van der Waals surface area contributed by atoms with Crippen LogP contribution in [-0.2, 0) is 19.5 Å². The van der Waals surface area contributed by atoms with E-state index in [4.69, 9.17) is 4.74 Å². The average Bonchev–Trinajstić information content (AvgIpc) is 3.40. The van der Waals surface area contributed by atoms with Crippen LogP contribution in [0.15, 0.2) is 24.3 Å². The highest BCUT2D eigenvalue weighted by Gasteiger charge is 2.28. The zero-order valence-electron chi connectivity index (χ0n) is 16.9. The third-order valence-corrected chi connectivity index (χ3v) is 5.84. The first-order valence-electron chi connectivity index (χ1n) is 10.5. The van der Waals surface area contributed by atoms with Crippen molar-refractivity contribution in [3.8, 4) is 5.75 Å². The number of nitrogens with one attached hydrogen (secondary N) is 2. The Morgan fingerprint density at radius 3 is 2.59 bits per heavy atom. The Hall–Kier alpha value is -2.83. The number of amides is 2. The quantitative estimate of drug-likeness (QED) is 0.786. The number of benzene rings is 1. The SMILES string of the molecule is COc1ccc(CNC(=O)c2nc(C(=O)NC3CCCC3)c3n2CCCC3)cc1. The van der Waals surface area contributed by atoms with Crippen LogP contribution in [0.5, 0.6) is 5.75 Å². The maximum absolute atomic E-state index is 12.8. The fourth-order valence-corrected chi connectivity index (χ4v) is 4.23. The topological polar surface area (TPSA) is 85.2 Å². The van der Waals surface area contributed by atoms with E-state index < -0.39 is 0 Å². The second kappa shape index (κ2) is 8.68. The summed E-state index contributed by atoms with van der Waals surface area (Å²) in [5, 5.41) is 6.04. The highest BCUT2D eigenvalue weighted by atomic mass is 16.5. The molecule has 2 aliphatic rings. The van der Waals surface area contributed by atoms with E-state index in [2.05, 4.69) is 15.6 Å². The van der Waals surface area contributed by atoms with Crippen LogP contribution >= 0.6 is 0 Å². The van der Waals surface area contributed by atoms with Gasteiger partial charge in [0.25, 0.3) is 11.8 Å². The normalized spacial score (nSPS) is 16.3. The molecule has 0 saturated heterocycles. The van der Waals surface area contributed by atoms with Crippen molar-refractivity contribution in [2.45, 2.75) is 64.1 Å². The van der Waals surface area contributed by atoms with Crippen LogP contribution in [0.4, 0.5) is 0 Å². The molecule has 2 heterocycles. The second-order valence-electron chi connectivity index (χ2n) is 7.83. The summed E-state index contributed by atoms with van der Waals surface area (Å²) in [6.45, 7) is 1.12. The molecule has 7 nitrogen and oxygen atoms in total. The smallest absolute Gasteiger partial charge is 0.287 e. The molecule has 1 aliphatic heterocycles. The van der Waals surface area contributed by atoms with Gasteiger partial charge in [-0.15, -0.1) is 0 Å². The standard InChI is InChI=1S/C22H28N4O3/c1-29-17-11-9-15(10-12-17)14-23-22(28)20-25-19(18-8-4-5-13-26(18)20)21(27)24-16-6-2-3-7-16/h9-12,16H,2-8,13-14H2,1H3,(H,23,28)(H,24,27). The van der Waals surface area contributed by atoms with Crippen molar-refractivity contribution in [3.05, 3.63) is 47.0 Å². The summed E-state index contributed by atoms with van der Waals surface area (Å²) in [5.74, 6) is 0.728. The van der Waals surface area contributed by atoms with Gasteiger partial charge in [0.15, 0.2) is 5.82 Å². The lowest BCUT2D eigenvalue weighted by atomic mass is 10.1. The molecule has 2 amide bonds. The van der Waals surface area contributed by atoms with Crippen LogP contribution < -0.4 is 15.4 Å². The molecule has 0 unspecified atom stereocenters. The van der Waals surface area contributed by atoms with Crippen molar-refractivity contribution in [2.24, 2.45) is 0 Å². The number of imidazole rings is 1. The summed E-state index contributed by atoms with van der Waals surface area (Å²) in [4.78, 5) is 30.2. The minimum Gasteiger partial charge on any atom is -0.497 e. The third-order valence-electron chi connectivity index (χ3n) is 5.84. The Bertz CT molecular complexity index is 882. The van der Waals surface area contributed by atoms with E-state index in [1.807, 2.05) is 28.8 Å². The molecule has 0 bridgehead atoms. The summed E-state index contributed by atoms with van der Waals surface area (Å²) < 4.78 is 7.09. The lowest BCUT2D eigenvalue weighted by Crippen LogP contribution is -2.33. The number of carbonyl (C=O) groups is 2. The summed E-state index contributed by atoms with van der Waals surface area (Å²) in [5.41, 5.74) is 2.29. The summed E-state index contributed by atoms with van der Waals surface area (Å²) in [6, 6.07) is 7.80. The Morgan fingerprint density at radius 1 is 1.10 bits per heavy atom. The van der Waals surface area contributed by atoms with Gasteiger partial charge >= 0.3 is 0 Å². The summed E-state index contributed by atoms with van der Waals surface area (Å²) in [7, 11) is 1.62. The number of fused-ring (bicyclic) bond motifs is 1. The molecule has 2 N–H and O–H groups in total. The molecular formula is C22H28N4O3. The predicted molar refractivity (Wildman–Crippen MR) is 109 cm³/mol. The van der Waals surface area contributed by atoms with Crippen molar-refractivity contribution < 1.29 is 14.3 Å². The molecule has 1 fully saturated rings.